The molecule has 1 atom stereocenters. The Bertz CT molecular complexity index is 369. The largest absolute Gasteiger partial charge is 0.309 e. The number of hydrogen-bond acceptors (Lipinski definition) is 2. The molecule has 0 radical (unpaired) electrons. The smallest absolute Gasteiger partial charge is 0.0292 e. The van der Waals surface area contributed by atoms with Crippen LogP contribution in [0.1, 0.15) is 38.3 Å². The lowest BCUT2D eigenvalue weighted by atomic mass is 9.99. The molecule has 2 nitrogen and oxygen atoms in total. The molecule has 1 N–H and O–H groups in total. The average molecular weight is 325 g/mol. The van der Waals surface area contributed by atoms with Crippen LogP contribution in [-0.2, 0) is 0 Å². The SMILES string of the molecule is CC1CCN(CCNC(C)c2ccc(Br)cc2)CC1. The van der Waals surface area contributed by atoms with Gasteiger partial charge < -0.3 is 10.2 Å². The van der Waals surface area contributed by atoms with Crippen molar-refractivity contribution in [3.05, 3.63) is 34.3 Å². The molecular formula is C16H25BrN2. The molecule has 3 heteroatoms. The van der Waals surface area contributed by atoms with Crippen LogP contribution in [0.4, 0.5) is 0 Å². The quantitative estimate of drug-likeness (QED) is 0.885. The molecule has 0 spiro atoms. The molecule has 0 amide bonds. The first-order chi connectivity index (χ1) is 9.15. The van der Waals surface area contributed by atoms with Crippen LogP contribution in [-0.4, -0.2) is 31.1 Å². The first kappa shape index (κ1) is 15.0. The molecular weight excluding hydrogens is 300 g/mol. The van der Waals surface area contributed by atoms with E-state index in [0.717, 1.165) is 16.9 Å². The van der Waals surface area contributed by atoms with Gasteiger partial charge in [-0.2, -0.15) is 0 Å². The highest BCUT2D eigenvalue weighted by Gasteiger charge is 2.15. The number of piperidine rings is 1. The maximum Gasteiger partial charge on any atom is 0.0292 e. The Kier molecular flexibility index (Phi) is 5.86. The molecule has 1 aromatic carbocycles. The summed E-state index contributed by atoms with van der Waals surface area (Å²) in [5.74, 6) is 0.922. The molecule has 1 heterocycles. The van der Waals surface area contributed by atoms with Crippen molar-refractivity contribution in [1.29, 1.82) is 0 Å². The van der Waals surface area contributed by atoms with Crippen molar-refractivity contribution in [3.63, 3.8) is 0 Å². The maximum atomic E-state index is 3.62. The Balaban J connectivity index is 1.69. The van der Waals surface area contributed by atoms with Gasteiger partial charge in [0.25, 0.3) is 0 Å². The second kappa shape index (κ2) is 7.41. The summed E-state index contributed by atoms with van der Waals surface area (Å²) in [7, 11) is 0. The van der Waals surface area contributed by atoms with E-state index in [4.69, 9.17) is 0 Å². The van der Waals surface area contributed by atoms with E-state index in [2.05, 4.69) is 64.3 Å². The second-order valence-electron chi connectivity index (χ2n) is 5.75. The van der Waals surface area contributed by atoms with Crippen LogP contribution in [0, 0.1) is 5.92 Å². The summed E-state index contributed by atoms with van der Waals surface area (Å²) in [5.41, 5.74) is 1.36. The molecule has 1 fully saturated rings. The fourth-order valence-electron chi connectivity index (χ4n) is 2.59. The number of rotatable bonds is 5. The van der Waals surface area contributed by atoms with E-state index in [1.807, 2.05) is 0 Å². The highest BCUT2D eigenvalue weighted by Crippen LogP contribution is 2.17. The molecule has 0 saturated carbocycles. The van der Waals surface area contributed by atoms with Gasteiger partial charge in [-0.3, -0.25) is 0 Å². The first-order valence-corrected chi connectivity index (χ1v) is 8.15. The number of nitrogens with one attached hydrogen (secondary N) is 1. The monoisotopic (exact) mass is 324 g/mol. The molecule has 2 rings (SSSR count). The van der Waals surface area contributed by atoms with Gasteiger partial charge >= 0.3 is 0 Å². The Morgan fingerprint density at radius 2 is 1.89 bits per heavy atom. The van der Waals surface area contributed by atoms with Crippen LogP contribution < -0.4 is 5.32 Å². The fourth-order valence-corrected chi connectivity index (χ4v) is 2.86. The number of nitrogens with zero attached hydrogens (tertiary/aromatic N) is 1. The number of halogens is 1. The van der Waals surface area contributed by atoms with E-state index in [0.29, 0.717) is 6.04 Å². The van der Waals surface area contributed by atoms with Crippen LogP contribution in [0.25, 0.3) is 0 Å². The molecule has 0 aliphatic carbocycles. The Hall–Kier alpha value is -0.380. The highest BCUT2D eigenvalue weighted by atomic mass is 79.9. The molecule has 0 aromatic heterocycles. The third kappa shape index (κ3) is 4.90. The van der Waals surface area contributed by atoms with Crippen molar-refractivity contribution >= 4 is 15.9 Å². The summed E-state index contributed by atoms with van der Waals surface area (Å²) in [4.78, 5) is 2.58. The van der Waals surface area contributed by atoms with Crippen LogP contribution in [0.5, 0.6) is 0 Å². The van der Waals surface area contributed by atoms with Gasteiger partial charge in [-0.15, -0.1) is 0 Å². The van der Waals surface area contributed by atoms with Gasteiger partial charge in [0.05, 0.1) is 0 Å². The van der Waals surface area contributed by atoms with E-state index in [1.165, 1.54) is 38.0 Å². The maximum absolute atomic E-state index is 3.62. The van der Waals surface area contributed by atoms with Crippen molar-refractivity contribution in [2.24, 2.45) is 5.92 Å². The van der Waals surface area contributed by atoms with E-state index < -0.39 is 0 Å². The minimum Gasteiger partial charge on any atom is -0.309 e. The Morgan fingerprint density at radius 1 is 1.26 bits per heavy atom. The number of likely N-dealkylation sites (tertiary alicyclic amines) is 1. The molecule has 19 heavy (non-hydrogen) atoms. The average Bonchev–Trinajstić information content (AvgIpc) is 2.41. The lowest BCUT2D eigenvalue weighted by molar-refractivity contribution is 0.191. The van der Waals surface area contributed by atoms with Crippen molar-refractivity contribution < 1.29 is 0 Å². The highest BCUT2D eigenvalue weighted by molar-refractivity contribution is 9.10. The molecule has 106 valence electrons. The lowest BCUT2D eigenvalue weighted by Crippen LogP contribution is -2.38. The summed E-state index contributed by atoms with van der Waals surface area (Å²) in [6.45, 7) is 9.40. The minimum atomic E-state index is 0.428. The van der Waals surface area contributed by atoms with Gasteiger partial charge in [0.1, 0.15) is 0 Å². The zero-order valence-electron chi connectivity index (χ0n) is 12.0. The van der Waals surface area contributed by atoms with Gasteiger partial charge in [-0.05, 0) is 56.5 Å². The van der Waals surface area contributed by atoms with Crippen molar-refractivity contribution in [3.8, 4) is 0 Å². The molecule has 1 aliphatic rings. The Labute approximate surface area is 125 Å². The fraction of sp³-hybridized carbons (Fsp3) is 0.625. The molecule has 1 saturated heterocycles. The van der Waals surface area contributed by atoms with Crippen LogP contribution in [0.2, 0.25) is 0 Å². The predicted octanol–water partition coefficient (Wildman–Crippen LogP) is 3.83. The Morgan fingerprint density at radius 3 is 2.53 bits per heavy atom. The standard InChI is InChI=1S/C16H25BrN2/c1-13-7-10-19(11-8-13)12-9-18-14(2)15-3-5-16(17)6-4-15/h3-6,13-14,18H,7-12H2,1-2H3. The van der Waals surface area contributed by atoms with E-state index >= 15 is 0 Å². The number of hydrogen-bond donors (Lipinski definition) is 1. The van der Waals surface area contributed by atoms with E-state index in [1.54, 1.807) is 0 Å². The van der Waals surface area contributed by atoms with Crippen LogP contribution >= 0.6 is 15.9 Å². The first-order valence-electron chi connectivity index (χ1n) is 7.36. The van der Waals surface area contributed by atoms with Gasteiger partial charge in [0.15, 0.2) is 0 Å². The van der Waals surface area contributed by atoms with E-state index in [-0.39, 0.29) is 0 Å². The van der Waals surface area contributed by atoms with Crippen LogP contribution in [0.15, 0.2) is 28.7 Å². The third-order valence-corrected chi connectivity index (χ3v) is 4.65. The minimum absolute atomic E-state index is 0.428. The van der Waals surface area contributed by atoms with Crippen molar-refractivity contribution in [2.75, 3.05) is 26.2 Å². The topological polar surface area (TPSA) is 15.3 Å². The lowest BCUT2D eigenvalue weighted by Gasteiger charge is -2.30. The second-order valence-corrected chi connectivity index (χ2v) is 6.67. The van der Waals surface area contributed by atoms with Gasteiger partial charge in [-0.1, -0.05) is 35.0 Å². The number of benzene rings is 1. The molecule has 1 aliphatic heterocycles. The van der Waals surface area contributed by atoms with Gasteiger partial charge in [-0.25, -0.2) is 0 Å². The molecule has 1 aromatic rings. The van der Waals surface area contributed by atoms with Crippen LogP contribution in [0.3, 0.4) is 0 Å². The third-order valence-electron chi connectivity index (χ3n) is 4.12. The summed E-state index contributed by atoms with van der Waals surface area (Å²) < 4.78 is 1.14. The summed E-state index contributed by atoms with van der Waals surface area (Å²) in [5, 5.41) is 3.62. The van der Waals surface area contributed by atoms with Gasteiger partial charge in [0, 0.05) is 23.6 Å². The normalized spacial score (nSPS) is 19.5. The molecule has 1 unspecified atom stereocenters. The van der Waals surface area contributed by atoms with E-state index in [9.17, 15) is 0 Å². The predicted molar refractivity (Wildman–Crippen MR) is 85.4 cm³/mol. The zero-order chi connectivity index (χ0) is 13.7. The summed E-state index contributed by atoms with van der Waals surface area (Å²) in [6, 6.07) is 9.02. The molecule has 0 bridgehead atoms. The van der Waals surface area contributed by atoms with Crippen molar-refractivity contribution in [2.45, 2.75) is 32.7 Å². The zero-order valence-corrected chi connectivity index (χ0v) is 13.6. The van der Waals surface area contributed by atoms with Gasteiger partial charge in [0.2, 0.25) is 0 Å². The van der Waals surface area contributed by atoms with Crippen molar-refractivity contribution in [1.82, 2.24) is 10.2 Å². The summed E-state index contributed by atoms with van der Waals surface area (Å²) >= 11 is 3.48. The summed E-state index contributed by atoms with van der Waals surface area (Å²) in [6.07, 6.45) is 2.73.